The van der Waals surface area contributed by atoms with Gasteiger partial charge < -0.3 is 9.47 Å². The molecule has 2 rings (SSSR count). The molecule has 104 valence electrons. The van der Waals surface area contributed by atoms with Crippen LogP contribution in [0.4, 0.5) is 0 Å². The zero-order chi connectivity index (χ0) is 14.5. The highest BCUT2D eigenvalue weighted by Gasteiger charge is 2.09. The molecule has 0 atom stereocenters. The maximum Gasteiger partial charge on any atom is 0.163 e. The van der Waals surface area contributed by atoms with Crippen molar-refractivity contribution in [3.8, 4) is 11.5 Å². The van der Waals surface area contributed by atoms with E-state index in [0.29, 0.717) is 17.9 Å². The van der Waals surface area contributed by atoms with E-state index in [0.717, 1.165) is 15.8 Å². The molecule has 0 N–H and O–H groups in total. The predicted octanol–water partition coefficient (Wildman–Crippen LogP) is 4.24. The molecule has 0 spiro atoms. The van der Waals surface area contributed by atoms with Gasteiger partial charge in [-0.2, -0.15) is 0 Å². The summed E-state index contributed by atoms with van der Waals surface area (Å²) in [5.41, 5.74) is 1.50. The average Bonchev–Trinajstić information content (AvgIpc) is 2.45. The quantitative estimate of drug-likeness (QED) is 0.767. The summed E-state index contributed by atoms with van der Waals surface area (Å²) in [7, 11) is 1.62. The molecule has 2 aromatic carbocycles. The fraction of sp³-hybridized carbons (Fsp3) is 0.188. The molecule has 0 saturated heterocycles. The van der Waals surface area contributed by atoms with E-state index in [1.807, 2.05) is 30.3 Å². The van der Waals surface area contributed by atoms with Gasteiger partial charge in [-0.1, -0.05) is 28.1 Å². The van der Waals surface area contributed by atoms with Crippen molar-refractivity contribution in [1.82, 2.24) is 0 Å². The number of Topliss-reactive ketones (excluding diaryl/α,β-unsaturated/α-hetero) is 1. The molecule has 0 aliphatic rings. The first-order chi connectivity index (χ1) is 9.61. The summed E-state index contributed by atoms with van der Waals surface area (Å²) < 4.78 is 12.0. The molecule has 4 heteroatoms. The Hall–Kier alpha value is -1.81. The van der Waals surface area contributed by atoms with Crippen LogP contribution in [-0.2, 0) is 6.61 Å². The van der Waals surface area contributed by atoms with Crippen molar-refractivity contribution < 1.29 is 14.3 Å². The Morgan fingerprint density at radius 3 is 2.60 bits per heavy atom. The van der Waals surface area contributed by atoms with Crippen LogP contribution >= 0.6 is 15.9 Å². The molecule has 0 radical (unpaired) electrons. The lowest BCUT2D eigenvalue weighted by Gasteiger charge is -2.12. The van der Waals surface area contributed by atoms with Crippen molar-refractivity contribution in [2.45, 2.75) is 13.5 Å². The molecule has 0 aliphatic carbocycles. The van der Waals surface area contributed by atoms with Crippen LogP contribution in [0.3, 0.4) is 0 Å². The lowest BCUT2D eigenvalue weighted by molar-refractivity contribution is 0.101. The molecular formula is C16H15BrO3. The van der Waals surface area contributed by atoms with E-state index in [1.165, 1.54) is 6.92 Å². The van der Waals surface area contributed by atoms with Gasteiger partial charge in [0.25, 0.3) is 0 Å². The molecule has 0 heterocycles. The number of ketones is 1. The van der Waals surface area contributed by atoms with Gasteiger partial charge in [-0.05, 0) is 37.3 Å². The molecule has 0 aromatic heterocycles. The molecule has 0 bridgehead atoms. The molecule has 0 aliphatic heterocycles. The number of benzene rings is 2. The Balaban J connectivity index is 2.21. The fourth-order valence-electron chi connectivity index (χ4n) is 1.90. The molecule has 0 unspecified atom stereocenters. The van der Waals surface area contributed by atoms with Gasteiger partial charge in [0.15, 0.2) is 5.78 Å². The minimum Gasteiger partial charge on any atom is -0.496 e. The Bertz CT molecular complexity index is 623. The number of carbonyl (C=O) groups is 1. The first kappa shape index (κ1) is 14.6. The zero-order valence-corrected chi connectivity index (χ0v) is 12.9. The van der Waals surface area contributed by atoms with Gasteiger partial charge in [-0.3, -0.25) is 4.79 Å². The summed E-state index contributed by atoms with van der Waals surface area (Å²) in [5.74, 6) is 1.33. The van der Waals surface area contributed by atoms with Crippen molar-refractivity contribution in [1.29, 1.82) is 0 Å². The summed E-state index contributed by atoms with van der Waals surface area (Å²) in [4.78, 5) is 11.5. The van der Waals surface area contributed by atoms with Gasteiger partial charge in [0.05, 0.1) is 12.7 Å². The molecular weight excluding hydrogens is 320 g/mol. The highest BCUT2D eigenvalue weighted by molar-refractivity contribution is 9.10. The molecule has 0 saturated carbocycles. The van der Waals surface area contributed by atoms with E-state index in [4.69, 9.17) is 9.47 Å². The predicted molar refractivity (Wildman–Crippen MR) is 81.5 cm³/mol. The van der Waals surface area contributed by atoms with Gasteiger partial charge in [-0.25, -0.2) is 0 Å². The van der Waals surface area contributed by atoms with Gasteiger partial charge in [-0.15, -0.1) is 0 Å². The van der Waals surface area contributed by atoms with Crippen molar-refractivity contribution >= 4 is 21.7 Å². The van der Waals surface area contributed by atoms with E-state index < -0.39 is 0 Å². The Morgan fingerprint density at radius 2 is 1.90 bits per heavy atom. The third kappa shape index (κ3) is 3.39. The Morgan fingerprint density at radius 1 is 1.15 bits per heavy atom. The van der Waals surface area contributed by atoms with Crippen LogP contribution in [0.25, 0.3) is 0 Å². The van der Waals surface area contributed by atoms with E-state index in [-0.39, 0.29) is 5.78 Å². The van der Waals surface area contributed by atoms with Crippen molar-refractivity contribution in [3.63, 3.8) is 0 Å². The number of rotatable bonds is 5. The maximum atomic E-state index is 11.5. The second-order valence-electron chi connectivity index (χ2n) is 4.30. The van der Waals surface area contributed by atoms with Crippen molar-refractivity contribution in [2.75, 3.05) is 7.11 Å². The summed E-state index contributed by atoms with van der Waals surface area (Å²) >= 11 is 3.42. The van der Waals surface area contributed by atoms with Crippen molar-refractivity contribution in [2.24, 2.45) is 0 Å². The number of para-hydroxylation sites is 1. The van der Waals surface area contributed by atoms with Crippen LogP contribution in [-0.4, -0.2) is 12.9 Å². The first-order valence-electron chi connectivity index (χ1n) is 6.17. The van der Waals surface area contributed by atoms with Gasteiger partial charge in [0.2, 0.25) is 0 Å². The molecule has 0 fully saturated rings. The molecule has 0 amide bonds. The lowest BCUT2D eigenvalue weighted by atomic mass is 10.1. The lowest BCUT2D eigenvalue weighted by Crippen LogP contribution is -2.02. The summed E-state index contributed by atoms with van der Waals surface area (Å²) in [6.45, 7) is 1.87. The van der Waals surface area contributed by atoms with Crippen LogP contribution < -0.4 is 9.47 Å². The third-order valence-corrected chi connectivity index (χ3v) is 3.39. The topological polar surface area (TPSA) is 35.5 Å². The minimum atomic E-state index is -0.0122. The summed E-state index contributed by atoms with van der Waals surface area (Å²) in [6, 6.07) is 12.9. The van der Waals surface area contributed by atoms with Crippen LogP contribution in [0, 0.1) is 0 Å². The molecule has 20 heavy (non-hydrogen) atoms. The van der Waals surface area contributed by atoms with E-state index in [9.17, 15) is 4.79 Å². The SMILES string of the molecule is COc1ccc(Br)cc1COc1ccccc1C(C)=O. The molecule has 3 nitrogen and oxygen atoms in total. The number of halogens is 1. The monoisotopic (exact) mass is 334 g/mol. The second kappa shape index (κ2) is 6.57. The minimum absolute atomic E-state index is 0.0122. The highest BCUT2D eigenvalue weighted by Crippen LogP contribution is 2.26. The van der Waals surface area contributed by atoms with Crippen LogP contribution in [0.2, 0.25) is 0 Å². The van der Waals surface area contributed by atoms with Crippen LogP contribution in [0.5, 0.6) is 11.5 Å². The Labute approximate surface area is 126 Å². The maximum absolute atomic E-state index is 11.5. The van der Waals surface area contributed by atoms with Gasteiger partial charge >= 0.3 is 0 Å². The smallest absolute Gasteiger partial charge is 0.163 e. The average molecular weight is 335 g/mol. The van der Waals surface area contributed by atoms with E-state index in [2.05, 4.69) is 15.9 Å². The number of hydrogen-bond acceptors (Lipinski definition) is 3. The molecule has 2 aromatic rings. The zero-order valence-electron chi connectivity index (χ0n) is 11.4. The highest BCUT2D eigenvalue weighted by atomic mass is 79.9. The van der Waals surface area contributed by atoms with Crippen LogP contribution in [0.15, 0.2) is 46.9 Å². The van der Waals surface area contributed by atoms with Gasteiger partial charge in [0.1, 0.15) is 18.1 Å². The second-order valence-corrected chi connectivity index (χ2v) is 5.21. The van der Waals surface area contributed by atoms with E-state index in [1.54, 1.807) is 19.2 Å². The Kier molecular flexibility index (Phi) is 4.79. The van der Waals surface area contributed by atoms with E-state index >= 15 is 0 Å². The standard InChI is InChI=1S/C16H15BrO3/c1-11(18)14-5-3-4-6-16(14)20-10-12-9-13(17)7-8-15(12)19-2/h3-9H,10H2,1-2H3. The number of hydrogen-bond donors (Lipinski definition) is 0. The largest absolute Gasteiger partial charge is 0.496 e. The number of carbonyl (C=O) groups excluding carboxylic acids is 1. The number of ether oxygens (including phenoxy) is 2. The third-order valence-electron chi connectivity index (χ3n) is 2.89. The normalized spacial score (nSPS) is 10.2. The first-order valence-corrected chi connectivity index (χ1v) is 6.96. The van der Waals surface area contributed by atoms with Gasteiger partial charge in [0, 0.05) is 10.0 Å². The fourth-order valence-corrected chi connectivity index (χ4v) is 2.31. The van der Waals surface area contributed by atoms with Crippen LogP contribution in [0.1, 0.15) is 22.8 Å². The summed E-state index contributed by atoms with van der Waals surface area (Å²) in [5, 5.41) is 0. The summed E-state index contributed by atoms with van der Waals surface area (Å²) in [6.07, 6.45) is 0. The van der Waals surface area contributed by atoms with Crippen molar-refractivity contribution in [3.05, 3.63) is 58.1 Å². The number of methoxy groups -OCH3 is 1.